The van der Waals surface area contributed by atoms with E-state index in [1.807, 2.05) is 6.92 Å². The Morgan fingerprint density at radius 3 is 2.38 bits per heavy atom. The second kappa shape index (κ2) is 3.81. The molecule has 1 aromatic carbocycles. The molecule has 1 rings (SSSR count). The van der Waals surface area contributed by atoms with Gasteiger partial charge in [-0.15, -0.1) is 0 Å². The Labute approximate surface area is 77.5 Å². The molecule has 0 bridgehead atoms. The molecule has 0 aromatic heterocycles. The number of nitriles is 1. The van der Waals surface area contributed by atoms with E-state index in [9.17, 15) is 0 Å². The number of hydrogen-bond donors (Lipinski definition) is 0. The molecule has 3 nitrogen and oxygen atoms in total. The van der Waals surface area contributed by atoms with E-state index in [-0.39, 0.29) is 0 Å². The Morgan fingerprint density at radius 2 is 1.92 bits per heavy atom. The van der Waals surface area contributed by atoms with Crippen molar-refractivity contribution in [1.29, 1.82) is 5.26 Å². The maximum atomic E-state index is 8.76. The molecule has 0 amide bonds. The van der Waals surface area contributed by atoms with Gasteiger partial charge < -0.3 is 9.47 Å². The molecule has 0 radical (unpaired) electrons. The van der Waals surface area contributed by atoms with Gasteiger partial charge in [0.05, 0.1) is 25.9 Å². The van der Waals surface area contributed by atoms with Gasteiger partial charge in [0.15, 0.2) is 11.5 Å². The number of benzene rings is 1. The maximum Gasteiger partial charge on any atom is 0.164 e. The second-order valence-electron chi connectivity index (χ2n) is 2.59. The van der Waals surface area contributed by atoms with Crippen LogP contribution in [0.3, 0.4) is 0 Å². The van der Waals surface area contributed by atoms with Gasteiger partial charge in [-0.1, -0.05) is 0 Å². The third-order valence-corrected chi connectivity index (χ3v) is 1.91. The highest BCUT2D eigenvalue weighted by molar-refractivity contribution is 5.53. The third-order valence-electron chi connectivity index (χ3n) is 1.91. The molecule has 13 heavy (non-hydrogen) atoms. The first-order valence-electron chi connectivity index (χ1n) is 3.86. The van der Waals surface area contributed by atoms with Gasteiger partial charge in [0.25, 0.3) is 0 Å². The molecule has 0 fully saturated rings. The van der Waals surface area contributed by atoms with Crippen LogP contribution in [0.25, 0.3) is 0 Å². The van der Waals surface area contributed by atoms with Crippen molar-refractivity contribution >= 4 is 0 Å². The maximum absolute atomic E-state index is 8.76. The van der Waals surface area contributed by atoms with Crippen molar-refractivity contribution in [3.05, 3.63) is 23.3 Å². The highest BCUT2D eigenvalue weighted by atomic mass is 16.5. The topological polar surface area (TPSA) is 42.2 Å². The SMILES string of the molecule is COc1ccc(C#N)c(C)c1OC. The number of hydrogen-bond acceptors (Lipinski definition) is 3. The lowest BCUT2D eigenvalue weighted by Crippen LogP contribution is -1.95. The van der Waals surface area contributed by atoms with Gasteiger partial charge in [0.2, 0.25) is 0 Å². The highest BCUT2D eigenvalue weighted by Gasteiger charge is 2.09. The predicted octanol–water partition coefficient (Wildman–Crippen LogP) is 1.88. The van der Waals surface area contributed by atoms with Crippen molar-refractivity contribution in [2.24, 2.45) is 0 Å². The number of rotatable bonds is 2. The lowest BCUT2D eigenvalue weighted by molar-refractivity contribution is 0.353. The van der Waals surface area contributed by atoms with E-state index in [1.54, 1.807) is 26.4 Å². The summed E-state index contributed by atoms with van der Waals surface area (Å²) in [7, 11) is 3.13. The Kier molecular flexibility index (Phi) is 2.76. The lowest BCUT2D eigenvalue weighted by atomic mass is 10.1. The van der Waals surface area contributed by atoms with E-state index in [0.717, 1.165) is 5.56 Å². The molecule has 0 aliphatic carbocycles. The molecule has 0 unspecified atom stereocenters. The van der Waals surface area contributed by atoms with Crippen molar-refractivity contribution in [1.82, 2.24) is 0 Å². The zero-order valence-electron chi connectivity index (χ0n) is 7.92. The molecule has 1 aromatic rings. The molecule has 0 saturated heterocycles. The standard InChI is InChI=1S/C10H11NO2/c1-7-8(6-11)4-5-9(12-2)10(7)13-3/h4-5H,1-3H3. The van der Waals surface area contributed by atoms with Gasteiger partial charge in [-0.25, -0.2) is 0 Å². The van der Waals surface area contributed by atoms with E-state index in [1.165, 1.54) is 0 Å². The summed E-state index contributed by atoms with van der Waals surface area (Å²) in [5, 5.41) is 8.76. The van der Waals surface area contributed by atoms with Gasteiger partial charge in [0, 0.05) is 5.56 Å². The van der Waals surface area contributed by atoms with Gasteiger partial charge >= 0.3 is 0 Å². The van der Waals surface area contributed by atoms with E-state index in [0.29, 0.717) is 17.1 Å². The first-order chi connectivity index (χ1) is 6.24. The molecule has 0 heterocycles. The molecule has 0 aliphatic heterocycles. The first-order valence-corrected chi connectivity index (χ1v) is 3.86. The molecule has 0 atom stereocenters. The van der Waals surface area contributed by atoms with Crippen LogP contribution in [0.4, 0.5) is 0 Å². The average molecular weight is 177 g/mol. The molecular formula is C10H11NO2. The van der Waals surface area contributed by atoms with Crippen LogP contribution in [0.15, 0.2) is 12.1 Å². The van der Waals surface area contributed by atoms with Crippen LogP contribution in [0.5, 0.6) is 11.5 Å². The summed E-state index contributed by atoms with van der Waals surface area (Å²) in [6, 6.07) is 5.53. The van der Waals surface area contributed by atoms with Crippen molar-refractivity contribution in [2.45, 2.75) is 6.92 Å². The van der Waals surface area contributed by atoms with Crippen LogP contribution >= 0.6 is 0 Å². The Hall–Kier alpha value is -1.69. The van der Waals surface area contributed by atoms with E-state index in [4.69, 9.17) is 14.7 Å². The summed E-state index contributed by atoms with van der Waals surface area (Å²) in [4.78, 5) is 0. The van der Waals surface area contributed by atoms with E-state index >= 15 is 0 Å². The minimum atomic E-state index is 0.609. The van der Waals surface area contributed by atoms with Gasteiger partial charge in [0.1, 0.15) is 0 Å². The fourth-order valence-corrected chi connectivity index (χ4v) is 1.20. The fraction of sp³-hybridized carbons (Fsp3) is 0.300. The summed E-state index contributed by atoms with van der Waals surface area (Å²) < 4.78 is 10.2. The first kappa shape index (κ1) is 9.40. The third kappa shape index (κ3) is 1.57. The van der Waals surface area contributed by atoms with Crippen LogP contribution in [-0.4, -0.2) is 14.2 Å². The molecule has 0 aliphatic rings. The molecular weight excluding hydrogens is 166 g/mol. The highest BCUT2D eigenvalue weighted by Crippen LogP contribution is 2.32. The molecule has 68 valence electrons. The summed E-state index contributed by atoms with van der Waals surface area (Å²) in [5.41, 5.74) is 1.42. The average Bonchev–Trinajstić information content (AvgIpc) is 2.17. The van der Waals surface area contributed by atoms with Gasteiger partial charge in [-0.2, -0.15) is 5.26 Å². The van der Waals surface area contributed by atoms with Crippen LogP contribution in [0.1, 0.15) is 11.1 Å². The predicted molar refractivity (Wildman–Crippen MR) is 49.0 cm³/mol. The quantitative estimate of drug-likeness (QED) is 0.692. The number of ether oxygens (including phenoxy) is 2. The van der Waals surface area contributed by atoms with E-state index < -0.39 is 0 Å². The second-order valence-corrected chi connectivity index (χ2v) is 2.59. The number of methoxy groups -OCH3 is 2. The Bertz CT molecular complexity index is 353. The minimum absolute atomic E-state index is 0.609. The molecule has 0 N–H and O–H groups in total. The normalized spacial score (nSPS) is 9.08. The van der Waals surface area contributed by atoms with Gasteiger partial charge in [-0.3, -0.25) is 0 Å². The van der Waals surface area contributed by atoms with Crippen LogP contribution < -0.4 is 9.47 Å². The minimum Gasteiger partial charge on any atom is -0.493 e. The molecule has 3 heteroatoms. The van der Waals surface area contributed by atoms with Crippen molar-refractivity contribution in [3.8, 4) is 17.6 Å². The summed E-state index contributed by atoms with van der Waals surface area (Å²) >= 11 is 0. The van der Waals surface area contributed by atoms with Crippen molar-refractivity contribution in [2.75, 3.05) is 14.2 Å². The number of nitrogens with zero attached hydrogens (tertiary/aromatic N) is 1. The van der Waals surface area contributed by atoms with E-state index in [2.05, 4.69) is 6.07 Å². The summed E-state index contributed by atoms with van der Waals surface area (Å²) in [5.74, 6) is 1.28. The zero-order chi connectivity index (χ0) is 9.84. The Morgan fingerprint density at radius 1 is 1.23 bits per heavy atom. The summed E-state index contributed by atoms with van der Waals surface area (Å²) in [6.45, 7) is 1.83. The Balaban J connectivity index is 3.34. The smallest absolute Gasteiger partial charge is 0.164 e. The molecule has 0 spiro atoms. The van der Waals surface area contributed by atoms with Crippen LogP contribution in [0, 0.1) is 18.3 Å². The van der Waals surface area contributed by atoms with Crippen LogP contribution in [-0.2, 0) is 0 Å². The lowest BCUT2D eigenvalue weighted by Gasteiger charge is -2.10. The van der Waals surface area contributed by atoms with Crippen molar-refractivity contribution in [3.63, 3.8) is 0 Å². The zero-order valence-corrected chi connectivity index (χ0v) is 7.92. The fourth-order valence-electron chi connectivity index (χ4n) is 1.20. The monoisotopic (exact) mass is 177 g/mol. The largest absolute Gasteiger partial charge is 0.493 e. The van der Waals surface area contributed by atoms with Crippen molar-refractivity contribution < 1.29 is 9.47 Å². The molecule has 0 saturated carbocycles. The van der Waals surface area contributed by atoms with Gasteiger partial charge in [-0.05, 0) is 19.1 Å². The van der Waals surface area contributed by atoms with Crippen LogP contribution in [0.2, 0.25) is 0 Å². The summed E-state index contributed by atoms with van der Waals surface area (Å²) in [6.07, 6.45) is 0.